The van der Waals surface area contributed by atoms with Crippen molar-refractivity contribution in [2.24, 2.45) is 5.73 Å². The number of carbonyl (C=O) groups excluding carboxylic acids is 1. The predicted molar refractivity (Wildman–Crippen MR) is 75.0 cm³/mol. The third-order valence-electron chi connectivity index (χ3n) is 3.24. The maximum Gasteiger partial charge on any atom is 0.220 e. The van der Waals surface area contributed by atoms with Crippen LogP contribution in [0.25, 0.3) is 0 Å². The second-order valence-corrected chi connectivity index (χ2v) is 5.81. The van der Waals surface area contributed by atoms with Crippen LogP contribution in [0.15, 0.2) is 18.2 Å². The number of ether oxygens (including phenoxy) is 1. The fraction of sp³-hybridized carbons (Fsp3) is 0.533. The number of nitrogens with two attached hydrogens (primary N) is 1. The average molecular weight is 262 g/mol. The molecule has 0 unspecified atom stereocenters. The van der Waals surface area contributed by atoms with Gasteiger partial charge in [-0.1, -0.05) is 12.1 Å². The van der Waals surface area contributed by atoms with Gasteiger partial charge in [0.05, 0.1) is 6.61 Å². The van der Waals surface area contributed by atoms with Crippen LogP contribution in [0.4, 0.5) is 0 Å². The highest BCUT2D eigenvalue weighted by molar-refractivity contribution is 5.75. The largest absolute Gasteiger partial charge is 0.493 e. The molecule has 19 heavy (non-hydrogen) atoms. The van der Waals surface area contributed by atoms with E-state index in [-0.39, 0.29) is 11.4 Å². The summed E-state index contributed by atoms with van der Waals surface area (Å²) in [5, 5.41) is 2.93. The summed E-state index contributed by atoms with van der Waals surface area (Å²) in [7, 11) is 0. The third-order valence-corrected chi connectivity index (χ3v) is 3.24. The van der Waals surface area contributed by atoms with Gasteiger partial charge in [0, 0.05) is 24.9 Å². The van der Waals surface area contributed by atoms with Crippen molar-refractivity contribution < 1.29 is 9.53 Å². The van der Waals surface area contributed by atoms with Crippen molar-refractivity contribution in [1.82, 2.24) is 5.32 Å². The SMILES string of the molecule is CC(C)(N)CCC(=O)NCc1ccc2c(c1)CCO2. The van der Waals surface area contributed by atoms with E-state index in [1.807, 2.05) is 26.0 Å². The van der Waals surface area contributed by atoms with Crippen LogP contribution < -0.4 is 15.8 Å². The predicted octanol–water partition coefficient (Wildman–Crippen LogP) is 1.76. The number of rotatable bonds is 5. The quantitative estimate of drug-likeness (QED) is 0.849. The Morgan fingerprint density at radius 3 is 3.00 bits per heavy atom. The maximum absolute atomic E-state index is 11.7. The fourth-order valence-electron chi connectivity index (χ4n) is 2.07. The van der Waals surface area contributed by atoms with Crippen molar-refractivity contribution in [3.63, 3.8) is 0 Å². The molecule has 3 N–H and O–H groups in total. The summed E-state index contributed by atoms with van der Waals surface area (Å²) in [6.45, 7) is 5.19. The van der Waals surface area contributed by atoms with E-state index in [0.29, 0.717) is 19.4 Å². The molecule has 1 aliphatic heterocycles. The number of benzene rings is 1. The molecule has 0 saturated heterocycles. The molecule has 0 fully saturated rings. The molecule has 0 saturated carbocycles. The van der Waals surface area contributed by atoms with E-state index in [4.69, 9.17) is 10.5 Å². The van der Waals surface area contributed by atoms with Crippen LogP contribution in [0.1, 0.15) is 37.8 Å². The van der Waals surface area contributed by atoms with Crippen molar-refractivity contribution in [3.05, 3.63) is 29.3 Å². The molecular weight excluding hydrogens is 240 g/mol. The first kappa shape index (κ1) is 13.9. The van der Waals surface area contributed by atoms with Crippen LogP contribution in [0.5, 0.6) is 5.75 Å². The van der Waals surface area contributed by atoms with Gasteiger partial charge in [-0.2, -0.15) is 0 Å². The first-order valence-corrected chi connectivity index (χ1v) is 6.74. The smallest absolute Gasteiger partial charge is 0.220 e. The lowest BCUT2D eigenvalue weighted by Gasteiger charge is -2.17. The average Bonchev–Trinajstić information content (AvgIpc) is 2.80. The molecule has 0 spiro atoms. The second-order valence-electron chi connectivity index (χ2n) is 5.81. The second kappa shape index (κ2) is 5.61. The molecular formula is C15H22N2O2. The molecule has 0 atom stereocenters. The van der Waals surface area contributed by atoms with Crippen LogP contribution in [0.3, 0.4) is 0 Å². The van der Waals surface area contributed by atoms with E-state index in [9.17, 15) is 4.79 Å². The zero-order valence-corrected chi connectivity index (χ0v) is 11.7. The molecule has 0 aromatic heterocycles. The van der Waals surface area contributed by atoms with Gasteiger partial charge in [0.2, 0.25) is 5.91 Å². The fourth-order valence-corrected chi connectivity index (χ4v) is 2.07. The highest BCUT2D eigenvalue weighted by Crippen LogP contribution is 2.25. The van der Waals surface area contributed by atoms with Crippen LogP contribution in [-0.4, -0.2) is 18.1 Å². The first-order valence-electron chi connectivity index (χ1n) is 6.74. The first-order chi connectivity index (χ1) is 8.94. The van der Waals surface area contributed by atoms with Crippen molar-refractivity contribution in [1.29, 1.82) is 0 Å². The standard InChI is InChI=1S/C15H22N2O2/c1-15(2,16)7-5-14(18)17-10-11-3-4-13-12(9-11)6-8-19-13/h3-4,9H,5-8,10,16H2,1-2H3,(H,17,18). The summed E-state index contributed by atoms with van der Waals surface area (Å²) < 4.78 is 5.45. The van der Waals surface area contributed by atoms with Crippen LogP contribution in [0.2, 0.25) is 0 Å². The number of hydrogen-bond donors (Lipinski definition) is 2. The van der Waals surface area contributed by atoms with Gasteiger partial charge in [0.25, 0.3) is 0 Å². The minimum atomic E-state index is -0.289. The van der Waals surface area contributed by atoms with Crippen LogP contribution in [0, 0.1) is 0 Å². The minimum absolute atomic E-state index is 0.0512. The monoisotopic (exact) mass is 262 g/mol. The normalized spacial score (nSPS) is 13.8. The van der Waals surface area contributed by atoms with E-state index in [2.05, 4.69) is 11.4 Å². The molecule has 104 valence electrons. The maximum atomic E-state index is 11.7. The Morgan fingerprint density at radius 2 is 2.26 bits per heavy atom. The van der Waals surface area contributed by atoms with Gasteiger partial charge in [-0.15, -0.1) is 0 Å². The van der Waals surface area contributed by atoms with Gasteiger partial charge >= 0.3 is 0 Å². The Labute approximate surface area is 114 Å². The van der Waals surface area contributed by atoms with E-state index in [1.54, 1.807) is 0 Å². The van der Waals surface area contributed by atoms with Crippen molar-refractivity contribution >= 4 is 5.91 Å². The molecule has 1 aliphatic rings. The summed E-state index contributed by atoms with van der Waals surface area (Å²) in [5.74, 6) is 1.02. The topological polar surface area (TPSA) is 64.4 Å². The number of amides is 1. The Kier molecular flexibility index (Phi) is 4.10. The van der Waals surface area contributed by atoms with Gasteiger partial charge in [-0.25, -0.2) is 0 Å². The Hall–Kier alpha value is -1.55. The van der Waals surface area contributed by atoms with Gasteiger partial charge in [-0.3, -0.25) is 4.79 Å². The highest BCUT2D eigenvalue weighted by atomic mass is 16.5. The molecule has 0 bridgehead atoms. The summed E-state index contributed by atoms with van der Waals surface area (Å²) in [6, 6.07) is 6.08. The molecule has 4 heteroatoms. The lowest BCUT2D eigenvalue weighted by Crippen LogP contribution is -2.34. The van der Waals surface area contributed by atoms with E-state index >= 15 is 0 Å². The number of carbonyl (C=O) groups is 1. The molecule has 1 aromatic carbocycles. The third kappa shape index (κ3) is 4.24. The van der Waals surface area contributed by atoms with E-state index < -0.39 is 0 Å². The molecule has 1 heterocycles. The molecule has 4 nitrogen and oxygen atoms in total. The Balaban J connectivity index is 1.81. The lowest BCUT2D eigenvalue weighted by molar-refractivity contribution is -0.121. The summed E-state index contributed by atoms with van der Waals surface area (Å²) in [5.41, 5.74) is 7.92. The molecule has 1 amide bonds. The lowest BCUT2D eigenvalue weighted by atomic mass is 10.00. The number of hydrogen-bond acceptors (Lipinski definition) is 3. The summed E-state index contributed by atoms with van der Waals surface area (Å²) >= 11 is 0. The van der Waals surface area contributed by atoms with Gasteiger partial charge < -0.3 is 15.8 Å². The van der Waals surface area contributed by atoms with Crippen LogP contribution >= 0.6 is 0 Å². The van der Waals surface area contributed by atoms with E-state index in [1.165, 1.54) is 5.56 Å². The Bertz CT molecular complexity index is 464. The van der Waals surface area contributed by atoms with Gasteiger partial charge in [-0.05, 0) is 37.5 Å². The summed E-state index contributed by atoms with van der Waals surface area (Å²) in [4.78, 5) is 11.7. The van der Waals surface area contributed by atoms with Gasteiger partial charge in [0.15, 0.2) is 0 Å². The molecule has 0 radical (unpaired) electrons. The molecule has 0 aliphatic carbocycles. The van der Waals surface area contributed by atoms with Crippen molar-refractivity contribution in [3.8, 4) is 5.75 Å². The van der Waals surface area contributed by atoms with Crippen molar-refractivity contribution in [2.45, 2.75) is 45.2 Å². The summed E-state index contributed by atoms with van der Waals surface area (Å²) in [6.07, 6.45) is 2.12. The van der Waals surface area contributed by atoms with Crippen molar-refractivity contribution in [2.75, 3.05) is 6.61 Å². The van der Waals surface area contributed by atoms with Crippen LogP contribution in [-0.2, 0) is 17.8 Å². The molecule has 1 aromatic rings. The zero-order chi connectivity index (χ0) is 13.9. The Morgan fingerprint density at radius 1 is 1.47 bits per heavy atom. The number of fused-ring (bicyclic) bond motifs is 1. The zero-order valence-electron chi connectivity index (χ0n) is 11.7. The van der Waals surface area contributed by atoms with Gasteiger partial charge in [0.1, 0.15) is 5.75 Å². The highest BCUT2D eigenvalue weighted by Gasteiger charge is 2.14. The minimum Gasteiger partial charge on any atom is -0.493 e. The molecule has 2 rings (SSSR count). The number of nitrogens with one attached hydrogen (secondary N) is 1. The van der Waals surface area contributed by atoms with E-state index in [0.717, 1.165) is 24.3 Å².